The highest BCUT2D eigenvalue weighted by Gasteiger charge is 2.64. The number of carbonyl (C=O) groups excluding carboxylic acids is 1. The van der Waals surface area contributed by atoms with E-state index in [-0.39, 0.29) is 29.1 Å². The van der Waals surface area contributed by atoms with Crippen LogP contribution < -0.4 is 0 Å². The number of hydrogen-bond donors (Lipinski definition) is 1. The van der Waals surface area contributed by atoms with Crippen LogP contribution in [0.2, 0.25) is 0 Å². The van der Waals surface area contributed by atoms with Crippen molar-refractivity contribution in [2.24, 2.45) is 46.3 Å². The molecule has 6 fully saturated rings. The zero-order valence-corrected chi connectivity index (χ0v) is 20.0. The molecule has 4 aliphatic carbocycles. The van der Waals surface area contributed by atoms with Crippen LogP contribution in [-0.4, -0.2) is 28.7 Å². The van der Waals surface area contributed by atoms with Crippen LogP contribution >= 0.6 is 0 Å². The van der Waals surface area contributed by atoms with Gasteiger partial charge in [0.15, 0.2) is 5.78 Å². The van der Waals surface area contributed by atoms with Crippen molar-refractivity contribution in [3.8, 4) is 0 Å². The summed E-state index contributed by atoms with van der Waals surface area (Å²) in [6, 6.07) is 0. The zero-order valence-electron chi connectivity index (χ0n) is 20.0. The molecule has 0 radical (unpaired) electrons. The van der Waals surface area contributed by atoms with Crippen LogP contribution in [0.1, 0.15) is 98.8 Å². The van der Waals surface area contributed by atoms with Crippen molar-refractivity contribution in [1.82, 2.24) is 0 Å². The number of aliphatic hydroxyl groups excluding tert-OH is 1. The summed E-state index contributed by atoms with van der Waals surface area (Å²) in [4.78, 5) is 13.1. The molecule has 4 saturated carbocycles. The number of aliphatic hydroxyl groups is 1. The molecule has 6 aliphatic rings. The zero-order chi connectivity index (χ0) is 21.5. The molecular weight excluding hydrogens is 372 g/mol. The van der Waals surface area contributed by atoms with E-state index in [4.69, 9.17) is 4.74 Å². The molecule has 170 valence electrons. The van der Waals surface area contributed by atoms with Gasteiger partial charge < -0.3 is 9.84 Å². The average molecular weight is 417 g/mol. The molecule has 3 nitrogen and oxygen atoms in total. The molecule has 10 atom stereocenters. The van der Waals surface area contributed by atoms with Gasteiger partial charge in [-0.1, -0.05) is 33.6 Å². The Hall–Kier alpha value is -0.410. The van der Waals surface area contributed by atoms with Crippen molar-refractivity contribution in [1.29, 1.82) is 0 Å². The Labute approximate surface area is 183 Å². The summed E-state index contributed by atoms with van der Waals surface area (Å²) in [7, 11) is 0. The lowest BCUT2D eigenvalue weighted by Crippen LogP contribution is -2.62. The van der Waals surface area contributed by atoms with Gasteiger partial charge in [0.25, 0.3) is 0 Å². The summed E-state index contributed by atoms with van der Waals surface area (Å²) in [6.07, 6.45) is 10.5. The van der Waals surface area contributed by atoms with E-state index in [1.807, 2.05) is 0 Å². The number of hydrogen-bond acceptors (Lipinski definition) is 3. The first-order valence-electron chi connectivity index (χ1n) is 13.0. The average Bonchev–Trinajstić information content (AvgIpc) is 3.02. The molecule has 2 aliphatic heterocycles. The van der Waals surface area contributed by atoms with E-state index in [1.165, 1.54) is 38.5 Å². The van der Waals surface area contributed by atoms with Crippen molar-refractivity contribution in [2.45, 2.75) is 117 Å². The fourth-order valence-corrected chi connectivity index (χ4v) is 9.64. The number of ketones is 1. The lowest BCUT2D eigenvalue weighted by molar-refractivity contribution is -0.213. The monoisotopic (exact) mass is 416 g/mol. The van der Waals surface area contributed by atoms with E-state index >= 15 is 0 Å². The second-order valence-corrected chi connectivity index (χ2v) is 13.1. The molecular formula is C27H44O3. The van der Waals surface area contributed by atoms with Gasteiger partial charge in [-0.05, 0) is 99.2 Å². The molecule has 6 rings (SSSR count). The van der Waals surface area contributed by atoms with Crippen molar-refractivity contribution in [2.75, 3.05) is 0 Å². The third kappa shape index (κ3) is 3.00. The van der Waals surface area contributed by atoms with Gasteiger partial charge in [0, 0.05) is 12.3 Å². The number of rotatable bonds is 0. The number of fused-ring (bicyclic) bond motifs is 7. The minimum absolute atomic E-state index is 0.133. The Morgan fingerprint density at radius 3 is 2.30 bits per heavy atom. The summed E-state index contributed by atoms with van der Waals surface area (Å²) in [5, 5.41) is 11.6. The first kappa shape index (κ1) is 21.4. The smallest absolute Gasteiger partial charge is 0.161 e. The Morgan fingerprint density at radius 1 is 0.867 bits per heavy atom. The van der Waals surface area contributed by atoms with Gasteiger partial charge in [-0.2, -0.15) is 0 Å². The van der Waals surface area contributed by atoms with E-state index in [9.17, 15) is 9.90 Å². The number of carbonyl (C=O) groups is 1. The summed E-state index contributed by atoms with van der Waals surface area (Å²) < 4.78 is 6.68. The van der Waals surface area contributed by atoms with Crippen LogP contribution in [0.25, 0.3) is 0 Å². The lowest BCUT2D eigenvalue weighted by atomic mass is 9.43. The molecule has 0 aromatic carbocycles. The Kier molecular flexibility index (Phi) is 5.03. The minimum atomic E-state index is -0.320. The third-order valence-corrected chi connectivity index (χ3v) is 11.2. The SMILES string of the molecule is C[C@@H]1CCCC(C)(C)OC2C(=O)CC[C@]3(C)C4CC[C@]5(C)[C@@H]1CC[C@H]5[C@@H]4C(O)C[C@H]23. The molecule has 3 heteroatoms. The number of ether oxygens (including phenoxy) is 1. The van der Waals surface area contributed by atoms with Gasteiger partial charge in [0.2, 0.25) is 0 Å². The van der Waals surface area contributed by atoms with Gasteiger partial charge >= 0.3 is 0 Å². The van der Waals surface area contributed by atoms with Crippen molar-refractivity contribution in [3.05, 3.63) is 0 Å². The van der Waals surface area contributed by atoms with Crippen molar-refractivity contribution < 1.29 is 14.6 Å². The van der Waals surface area contributed by atoms with Gasteiger partial charge in [0.1, 0.15) is 6.10 Å². The molecule has 0 aromatic rings. The van der Waals surface area contributed by atoms with Crippen molar-refractivity contribution in [3.63, 3.8) is 0 Å². The normalized spacial score (nSPS) is 55.5. The maximum absolute atomic E-state index is 13.1. The molecule has 2 heterocycles. The minimum Gasteiger partial charge on any atom is -0.393 e. The van der Waals surface area contributed by atoms with E-state index in [2.05, 4.69) is 34.6 Å². The maximum Gasteiger partial charge on any atom is 0.161 e. The second-order valence-electron chi connectivity index (χ2n) is 13.1. The first-order chi connectivity index (χ1) is 14.1. The van der Waals surface area contributed by atoms with Gasteiger partial charge in [-0.15, -0.1) is 0 Å². The Morgan fingerprint density at radius 2 is 1.53 bits per heavy atom. The van der Waals surface area contributed by atoms with E-state index in [0.717, 1.165) is 31.1 Å². The molecule has 0 spiro atoms. The summed E-state index contributed by atoms with van der Waals surface area (Å²) in [5.41, 5.74) is 0.254. The van der Waals surface area contributed by atoms with Crippen LogP contribution in [0.5, 0.6) is 0 Å². The van der Waals surface area contributed by atoms with Gasteiger partial charge in [0.05, 0.1) is 11.7 Å². The quantitative estimate of drug-likeness (QED) is 0.544. The highest BCUT2D eigenvalue weighted by molar-refractivity contribution is 5.84. The number of Topliss-reactive ketones (excluding diaryl/α,β-unsaturated/α-hetero) is 1. The predicted molar refractivity (Wildman–Crippen MR) is 119 cm³/mol. The topological polar surface area (TPSA) is 46.5 Å². The Bertz CT molecular complexity index is 700. The van der Waals surface area contributed by atoms with Crippen LogP contribution in [0.15, 0.2) is 0 Å². The molecule has 0 aromatic heterocycles. The van der Waals surface area contributed by atoms with Crippen LogP contribution in [-0.2, 0) is 9.53 Å². The summed E-state index contributed by atoms with van der Waals surface area (Å²) >= 11 is 0. The molecule has 30 heavy (non-hydrogen) atoms. The predicted octanol–water partition coefficient (Wildman–Crippen LogP) is 5.78. The molecule has 2 saturated heterocycles. The molecule has 0 amide bonds. The van der Waals surface area contributed by atoms with Crippen molar-refractivity contribution >= 4 is 5.78 Å². The van der Waals surface area contributed by atoms with Gasteiger partial charge in [-0.25, -0.2) is 0 Å². The highest BCUT2D eigenvalue weighted by atomic mass is 16.5. The molecule has 1 N–H and O–H groups in total. The van der Waals surface area contributed by atoms with Crippen LogP contribution in [0.3, 0.4) is 0 Å². The second kappa shape index (κ2) is 7.04. The van der Waals surface area contributed by atoms with E-state index < -0.39 is 0 Å². The first-order valence-corrected chi connectivity index (χ1v) is 13.0. The summed E-state index contributed by atoms with van der Waals surface area (Å²) in [6.45, 7) is 11.9. The third-order valence-electron chi connectivity index (χ3n) is 11.2. The fraction of sp³-hybridized carbons (Fsp3) is 0.963. The largest absolute Gasteiger partial charge is 0.393 e. The van der Waals surface area contributed by atoms with Crippen LogP contribution in [0, 0.1) is 46.3 Å². The van der Waals surface area contributed by atoms with E-state index in [0.29, 0.717) is 35.4 Å². The van der Waals surface area contributed by atoms with Crippen LogP contribution in [0.4, 0.5) is 0 Å². The lowest BCUT2D eigenvalue weighted by Gasteiger charge is -2.63. The van der Waals surface area contributed by atoms with E-state index in [1.54, 1.807) is 0 Å². The van der Waals surface area contributed by atoms with Gasteiger partial charge in [-0.3, -0.25) is 4.79 Å². The molecule has 8 bridgehead atoms. The molecule has 3 unspecified atom stereocenters. The highest BCUT2D eigenvalue weighted by Crippen LogP contribution is 2.68. The fourth-order valence-electron chi connectivity index (χ4n) is 9.64. The standard InChI is InChI=1S/C27H44O3/c1-16-7-6-12-25(2,3)30-24-20-15-22(29)23-18-9-8-17(16)26(18,4)13-10-19(23)27(20,5)14-11-21(24)28/h16-20,22-24,29H,6-15H2,1-5H3/t16-,17-,18+,19?,20-,22?,23+,24?,26-,27-/m1/s1. The Balaban J connectivity index is 1.59. The summed E-state index contributed by atoms with van der Waals surface area (Å²) in [5.74, 6) is 3.63. The maximum atomic E-state index is 13.1.